The molecule has 3 nitrogen and oxygen atoms in total. The molecule has 1 aromatic carbocycles. The molecule has 1 aliphatic heterocycles. The summed E-state index contributed by atoms with van der Waals surface area (Å²) >= 11 is 0. The van der Waals surface area contributed by atoms with Crippen molar-refractivity contribution in [1.29, 1.82) is 0 Å². The average Bonchev–Trinajstić information content (AvgIpc) is 2.90. The molecule has 18 heavy (non-hydrogen) atoms. The first-order chi connectivity index (χ1) is 8.72. The van der Waals surface area contributed by atoms with Crippen molar-refractivity contribution in [2.24, 2.45) is 0 Å². The molecule has 2 rings (SSSR count). The van der Waals surface area contributed by atoms with Crippen LogP contribution in [0.25, 0.3) is 0 Å². The first kappa shape index (κ1) is 13.0. The van der Waals surface area contributed by atoms with Gasteiger partial charge in [-0.3, -0.25) is 4.79 Å². The second-order valence-electron chi connectivity index (χ2n) is 4.65. The van der Waals surface area contributed by atoms with Crippen molar-refractivity contribution in [3.8, 4) is 0 Å². The Bertz CT molecular complexity index is 399. The lowest BCUT2D eigenvalue weighted by molar-refractivity contribution is 0.0692. The van der Waals surface area contributed by atoms with Crippen LogP contribution in [-0.2, 0) is 0 Å². The van der Waals surface area contributed by atoms with Gasteiger partial charge in [-0.05, 0) is 43.7 Å². The van der Waals surface area contributed by atoms with Crippen LogP contribution in [0.3, 0.4) is 0 Å². The first-order valence-electron chi connectivity index (χ1n) is 6.49. The Hall–Kier alpha value is -1.42. The minimum Gasteiger partial charge on any atom is -0.334 e. The predicted molar refractivity (Wildman–Crippen MR) is 69.0 cm³/mol. The highest BCUT2D eigenvalue weighted by Crippen LogP contribution is 2.14. The topological polar surface area (TPSA) is 32.3 Å². The van der Waals surface area contributed by atoms with Gasteiger partial charge in [0.15, 0.2) is 0 Å². The van der Waals surface area contributed by atoms with E-state index in [1.54, 1.807) is 12.1 Å². The zero-order valence-corrected chi connectivity index (χ0v) is 10.7. The van der Waals surface area contributed by atoms with Gasteiger partial charge < -0.3 is 10.2 Å². The Morgan fingerprint density at radius 1 is 1.44 bits per heavy atom. The molecule has 1 saturated heterocycles. The van der Waals surface area contributed by atoms with Gasteiger partial charge in [0.25, 0.3) is 5.91 Å². The van der Waals surface area contributed by atoms with E-state index in [4.69, 9.17) is 0 Å². The number of hydrogen-bond acceptors (Lipinski definition) is 2. The van der Waals surface area contributed by atoms with Gasteiger partial charge in [0.05, 0.1) is 0 Å². The number of amides is 1. The van der Waals surface area contributed by atoms with E-state index in [9.17, 15) is 9.18 Å². The highest BCUT2D eigenvalue weighted by Gasteiger charge is 2.26. The molecule has 1 unspecified atom stereocenters. The van der Waals surface area contributed by atoms with E-state index >= 15 is 0 Å². The molecule has 1 fully saturated rings. The minimum atomic E-state index is -0.309. The van der Waals surface area contributed by atoms with Gasteiger partial charge in [0, 0.05) is 24.7 Å². The second-order valence-corrected chi connectivity index (χ2v) is 4.65. The van der Waals surface area contributed by atoms with E-state index in [0.29, 0.717) is 5.56 Å². The monoisotopic (exact) mass is 250 g/mol. The molecule has 0 radical (unpaired) electrons. The summed E-state index contributed by atoms with van der Waals surface area (Å²) in [6.07, 6.45) is 1.93. The molecule has 1 N–H and O–H groups in total. The Morgan fingerprint density at radius 3 is 2.72 bits per heavy atom. The van der Waals surface area contributed by atoms with Crippen molar-refractivity contribution < 1.29 is 9.18 Å². The van der Waals surface area contributed by atoms with E-state index in [1.807, 2.05) is 4.90 Å². The molecule has 0 bridgehead atoms. The normalized spacial score (nSPS) is 18.9. The molecule has 98 valence electrons. The van der Waals surface area contributed by atoms with Crippen molar-refractivity contribution >= 4 is 5.91 Å². The summed E-state index contributed by atoms with van der Waals surface area (Å²) < 4.78 is 12.9. The second kappa shape index (κ2) is 5.96. The molecule has 1 amide bonds. The number of rotatable bonds is 4. The molecule has 4 heteroatoms. The van der Waals surface area contributed by atoms with Gasteiger partial charge in [-0.1, -0.05) is 6.92 Å². The lowest BCUT2D eigenvalue weighted by atomic mass is 10.1. The van der Waals surface area contributed by atoms with Crippen molar-refractivity contribution in [2.45, 2.75) is 25.8 Å². The molecule has 0 saturated carbocycles. The fourth-order valence-corrected chi connectivity index (χ4v) is 2.35. The lowest BCUT2D eigenvalue weighted by Gasteiger charge is -2.28. The van der Waals surface area contributed by atoms with Gasteiger partial charge >= 0.3 is 0 Å². The molecule has 0 spiro atoms. The van der Waals surface area contributed by atoms with Gasteiger partial charge in [0.1, 0.15) is 5.82 Å². The maximum Gasteiger partial charge on any atom is 0.254 e. The first-order valence-corrected chi connectivity index (χ1v) is 6.49. The van der Waals surface area contributed by atoms with Crippen LogP contribution in [0.4, 0.5) is 4.39 Å². The van der Waals surface area contributed by atoms with Crippen molar-refractivity contribution in [3.63, 3.8) is 0 Å². The Labute approximate surface area is 107 Å². The van der Waals surface area contributed by atoms with E-state index in [-0.39, 0.29) is 17.8 Å². The van der Waals surface area contributed by atoms with Gasteiger partial charge in [0.2, 0.25) is 0 Å². The third-order valence-electron chi connectivity index (χ3n) is 3.29. The fraction of sp³-hybridized carbons (Fsp3) is 0.500. The highest BCUT2D eigenvalue weighted by molar-refractivity contribution is 5.94. The van der Waals surface area contributed by atoms with Crippen molar-refractivity contribution in [1.82, 2.24) is 10.2 Å². The van der Waals surface area contributed by atoms with E-state index < -0.39 is 0 Å². The maximum absolute atomic E-state index is 12.9. The number of carbonyl (C=O) groups is 1. The maximum atomic E-state index is 12.9. The summed E-state index contributed by atoms with van der Waals surface area (Å²) in [6.45, 7) is 4.63. The van der Waals surface area contributed by atoms with Crippen molar-refractivity contribution in [2.75, 3.05) is 19.6 Å². The quantitative estimate of drug-likeness (QED) is 0.887. The van der Waals surface area contributed by atoms with E-state index in [2.05, 4.69) is 12.2 Å². The molecule has 0 aliphatic carbocycles. The zero-order valence-electron chi connectivity index (χ0n) is 10.7. The summed E-state index contributed by atoms with van der Waals surface area (Å²) in [5.74, 6) is -0.304. The smallest absolute Gasteiger partial charge is 0.254 e. The van der Waals surface area contributed by atoms with E-state index in [1.165, 1.54) is 12.1 Å². The van der Waals surface area contributed by atoms with Crippen LogP contribution < -0.4 is 5.32 Å². The van der Waals surface area contributed by atoms with Crippen LogP contribution >= 0.6 is 0 Å². The molecular formula is C14H19FN2O. The Morgan fingerprint density at radius 2 is 2.17 bits per heavy atom. The molecule has 1 heterocycles. The van der Waals surface area contributed by atoms with Crippen LogP contribution in [0.5, 0.6) is 0 Å². The van der Waals surface area contributed by atoms with E-state index in [0.717, 1.165) is 32.5 Å². The summed E-state index contributed by atoms with van der Waals surface area (Å²) in [5, 5.41) is 3.27. The summed E-state index contributed by atoms with van der Waals surface area (Å²) in [6, 6.07) is 6.06. The molecular weight excluding hydrogens is 231 g/mol. The van der Waals surface area contributed by atoms with Crippen LogP contribution in [0.2, 0.25) is 0 Å². The number of nitrogens with one attached hydrogen (secondary N) is 1. The van der Waals surface area contributed by atoms with Gasteiger partial charge in [-0.25, -0.2) is 4.39 Å². The standard InChI is InChI=1S/C14H19FN2O/c1-2-9-17(13-7-8-16-10-13)14(18)11-3-5-12(15)6-4-11/h3-6,13,16H,2,7-10H2,1H3. The van der Waals surface area contributed by atoms with Crippen molar-refractivity contribution in [3.05, 3.63) is 35.6 Å². The minimum absolute atomic E-state index is 0.00514. The number of halogens is 1. The molecule has 0 aromatic heterocycles. The average molecular weight is 250 g/mol. The third-order valence-corrected chi connectivity index (χ3v) is 3.29. The predicted octanol–water partition coefficient (Wildman–Crippen LogP) is 2.04. The number of benzene rings is 1. The molecule has 1 aliphatic rings. The Balaban J connectivity index is 2.14. The van der Waals surface area contributed by atoms with Gasteiger partial charge in [-0.15, -0.1) is 0 Å². The number of hydrogen-bond donors (Lipinski definition) is 1. The SMILES string of the molecule is CCCN(C(=O)c1ccc(F)cc1)C1CCNC1. The molecule has 1 atom stereocenters. The fourth-order valence-electron chi connectivity index (χ4n) is 2.35. The Kier molecular flexibility index (Phi) is 4.31. The summed E-state index contributed by atoms with van der Waals surface area (Å²) in [5.41, 5.74) is 0.566. The number of carbonyl (C=O) groups excluding carboxylic acids is 1. The lowest BCUT2D eigenvalue weighted by Crippen LogP contribution is -2.42. The summed E-state index contributed by atoms with van der Waals surface area (Å²) in [4.78, 5) is 14.3. The van der Waals surface area contributed by atoms with Gasteiger partial charge in [-0.2, -0.15) is 0 Å². The summed E-state index contributed by atoms with van der Waals surface area (Å²) in [7, 11) is 0. The third kappa shape index (κ3) is 2.88. The largest absolute Gasteiger partial charge is 0.334 e. The van der Waals surface area contributed by atoms with Crippen LogP contribution in [-0.4, -0.2) is 36.5 Å². The van der Waals surface area contributed by atoms with Crippen LogP contribution in [0.15, 0.2) is 24.3 Å². The number of nitrogens with zero attached hydrogens (tertiary/aromatic N) is 1. The molecule has 1 aromatic rings. The highest BCUT2D eigenvalue weighted by atomic mass is 19.1. The van der Waals surface area contributed by atoms with Crippen LogP contribution in [0.1, 0.15) is 30.1 Å². The van der Waals surface area contributed by atoms with Crippen LogP contribution in [0, 0.1) is 5.82 Å². The zero-order chi connectivity index (χ0) is 13.0.